The number of halogens is 1. The second-order valence-corrected chi connectivity index (χ2v) is 9.13. The molecule has 0 aliphatic rings. The largest absolute Gasteiger partial charge is 0.352 e. The number of carbonyl (C=O) groups excluding carboxylic acids is 1. The van der Waals surface area contributed by atoms with Gasteiger partial charge in [0.2, 0.25) is 5.91 Å². The Balaban J connectivity index is 1.76. The Kier molecular flexibility index (Phi) is 7.41. The summed E-state index contributed by atoms with van der Waals surface area (Å²) < 4.78 is 41.7. The second kappa shape index (κ2) is 10.2. The maximum absolute atomic E-state index is 14.5. The Bertz CT molecular complexity index is 1110. The van der Waals surface area contributed by atoms with Crippen LogP contribution in [0.3, 0.4) is 0 Å². The molecule has 7 heteroatoms. The molecule has 0 bridgehead atoms. The van der Waals surface area contributed by atoms with E-state index in [-0.39, 0.29) is 16.6 Å². The van der Waals surface area contributed by atoms with Gasteiger partial charge < -0.3 is 5.32 Å². The van der Waals surface area contributed by atoms with Crippen LogP contribution >= 0.6 is 0 Å². The zero-order chi connectivity index (χ0) is 22.3. The Morgan fingerprint density at radius 1 is 0.935 bits per heavy atom. The van der Waals surface area contributed by atoms with E-state index in [4.69, 9.17) is 0 Å². The van der Waals surface area contributed by atoms with Crippen molar-refractivity contribution in [3.05, 3.63) is 96.3 Å². The van der Waals surface area contributed by atoms with Crippen molar-refractivity contribution in [2.45, 2.75) is 30.7 Å². The normalized spacial score (nSPS) is 12.2. The van der Waals surface area contributed by atoms with Crippen molar-refractivity contribution in [1.82, 2.24) is 5.32 Å². The quantitative estimate of drug-likeness (QED) is 0.543. The highest BCUT2D eigenvalue weighted by molar-refractivity contribution is 7.92. The van der Waals surface area contributed by atoms with Crippen LogP contribution in [0.15, 0.2) is 89.8 Å². The number of nitrogens with zero attached hydrogens (tertiary/aromatic N) is 1. The van der Waals surface area contributed by atoms with Gasteiger partial charge in [-0.3, -0.25) is 9.10 Å². The first kappa shape index (κ1) is 22.5. The van der Waals surface area contributed by atoms with E-state index < -0.39 is 28.3 Å². The molecule has 31 heavy (non-hydrogen) atoms. The molecule has 0 radical (unpaired) electrons. The van der Waals surface area contributed by atoms with E-state index >= 15 is 0 Å². The van der Waals surface area contributed by atoms with E-state index in [1.54, 1.807) is 18.2 Å². The Labute approximate surface area is 182 Å². The van der Waals surface area contributed by atoms with Crippen LogP contribution in [0.1, 0.15) is 18.9 Å². The van der Waals surface area contributed by atoms with E-state index in [0.717, 1.165) is 16.3 Å². The Morgan fingerprint density at radius 3 is 2.16 bits per heavy atom. The molecule has 3 aromatic rings. The third-order valence-corrected chi connectivity index (χ3v) is 6.63. The SMILES string of the molecule is CC(CCc1ccccc1)NC(=O)CN(c1ccccc1F)S(=O)(=O)c1ccccc1. The number of rotatable bonds is 9. The number of hydrogen-bond donors (Lipinski definition) is 1. The molecule has 1 unspecified atom stereocenters. The van der Waals surface area contributed by atoms with Gasteiger partial charge >= 0.3 is 0 Å². The fourth-order valence-corrected chi connectivity index (χ4v) is 4.67. The number of amides is 1. The van der Waals surface area contributed by atoms with Gasteiger partial charge in [-0.15, -0.1) is 0 Å². The molecule has 1 atom stereocenters. The average Bonchev–Trinajstić information content (AvgIpc) is 2.78. The summed E-state index contributed by atoms with van der Waals surface area (Å²) >= 11 is 0. The molecule has 0 saturated heterocycles. The van der Waals surface area contributed by atoms with Gasteiger partial charge in [0.1, 0.15) is 12.4 Å². The minimum absolute atomic E-state index is 0.0109. The predicted octanol–water partition coefficient (Wildman–Crippen LogP) is 4.16. The second-order valence-electron chi connectivity index (χ2n) is 7.27. The first-order valence-corrected chi connectivity index (χ1v) is 11.5. The zero-order valence-electron chi connectivity index (χ0n) is 17.2. The fraction of sp³-hybridized carbons (Fsp3) is 0.208. The summed E-state index contributed by atoms with van der Waals surface area (Å²) in [5, 5.41) is 2.83. The number of aryl methyl sites for hydroxylation is 1. The summed E-state index contributed by atoms with van der Waals surface area (Å²) in [7, 11) is -4.13. The van der Waals surface area contributed by atoms with Gasteiger partial charge in [0.15, 0.2) is 0 Å². The average molecular weight is 441 g/mol. The molecule has 0 heterocycles. The summed E-state index contributed by atoms with van der Waals surface area (Å²) in [6.07, 6.45) is 1.47. The number of anilines is 1. The fourth-order valence-electron chi connectivity index (χ4n) is 3.22. The minimum atomic E-state index is -4.13. The third-order valence-electron chi connectivity index (χ3n) is 4.86. The summed E-state index contributed by atoms with van der Waals surface area (Å²) in [5.74, 6) is -1.21. The van der Waals surface area contributed by atoms with Crippen LogP contribution in [0.25, 0.3) is 0 Å². The summed E-state index contributed by atoms with van der Waals surface area (Å²) in [4.78, 5) is 12.7. The molecule has 0 aromatic heterocycles. The maximum Gasteiger partial charge on any atom is 0.264 e. The first-order valence-electron chi connectivity index (χ1n) is 10.0. The highest BCUT2D eigenvalue weighted by Crippen LogP contribution is 2.26. The molecule has 1 N–H and O–H groups in total. The number of carbonyl (C=O) groups is 1. The standard InChI is InChI=1S/C24H25FN2O3S/c1-19(16-17-20-10-4-2-5-11-20)26-24(28)18-27(23-15-9-8-14-22(23)25)31(29,30)21-12-6-3-7-13-21/h2-15,19H,16-18H2,1H3,(H,26,28). The Hall–Kier alpha value is -3.19. The minimum Gasteiger partial charge on any atom is -0.352 e. The lowest BCUT2D eigenvalue weighted by Gasteiger charge is -2.25. The third kappa shape index (κ3) is 5.92. The van der Waals surface area contributed by atoms with Gasteiger partial charge in [0.25, 0.3) is 10.0 Å². The van der Waals surface area contributed by atoms with Crippen LogP contribution in [0.4, 0.5) is 10.1 Å². The molecule has 1 amide bonds. The molecular formula is C24H25FN2O3S. The number of hydrogen-bond acceptors (Lipinski definition) is 3. The maximum atomic E-state index is 14.5. The van der Waals surface area contributed by atoms with E-state index in [0.29, 0.717) is 6.42 Å². The van der Waals surface area contributed by atoms with Crippen LogP contribution < -0.4 is 9.62 Å². The number of para-hydroxylation sites is 1. The lowest BCUT2D eigenvalue weighted by atomic mass is 10.1. The smallest absolute Gasteiger partial charge is 0.264 e. The molecule has 0 saturated carbocycles. The van der Waals surface area contributed by atoms with Crippen molar-refractivity contribution in [2.75, 3.05) is 10.8 Å². The van der Waals surface area contributed by atoms with Crippen molar-refractivity contribution in [1.29, 1.82) is 0 Å². The zero-order valence-corrected chi connectivity index (χ0v) is 18.1. The molecule has 0 spiro atoms. The van der Waals surface area contributed by atoms with E-state index in [1.165, 1.54) is 36.4 Å². The van der Waals surface area contributed by atoms with Crippen LogP contribution in [0, 0.1) is 5.82 Å². The van der Waals surface area contributed by atoms with Gasteiger partial charge in [0.05, 0.1) is 10.6 Å². The van der Waals surface area contributed by atoms with Gasteiger partial charge in [-0.1, -0.05) is 60.7 Å². The van der Waals surface area contributed by atoms with Gasteiger partial charge in [-0.05, 0) is 49.6 Å². The van der Waals surface area contributed by atoms with Crippen molar-refractivity contribution >= 4 is 21.6 Å². The van der Waals surface area contributed by atoms with Crippen molar-refractivity contribution < 1.29 is 17.6 Å². The van der Waals surface area contributed by atoms with Gasteiger partial charge in [0, 0.05) is 6.04 Å². The molecular weight excluding hydrogens is 415 g/mol. The lowest BCUT2D eigenvalue weighted by molar-refractivity contribution is -0.120. The van der Waals surface area contributed by atoms with Crippen molar-refractivity contribution in [3.8, 4) is 0 Å². The number of nitrogens with one attached hydrogen (secondary N) is 1. The Morgan fingerprint density at radius 2 is 1.52 bits per heavy atom. The monoisotopic (exact) mass is 440 g/mol. The van der Waals surface area contributed by atoms with Crippen LogP contribution in [-0.4, -0.2) is 26.9 Å². The van der Waals surface area contributed by atoms with Gasteiger partial charge in [-0.25, -0.2) is 12.8 Å². The van der Waals surface area contributed by atoms with E-state index in [9.17, 15) is 17.6 Å². The topological polar surface area (TPSA) is 66.5 Å². The van der Waals surface area contributed by atoms with E-state index in [2.05, 4.69) is 5.32 Å². The molecule has 3 rings (SSSR count). The van der Waals surface area contributed by atoms with Gasteiger partial charge in [-0.2, -0.15) is 0 Å². The number of sulfonamides is 1. The highest BCUT2D eigenvalue weighted by atomic mass is 32.2. The van der Waals surface area contributed by atoms with E-state index in [1.807, 2.05) is 37.3 Å². The summed E-state index contributed by atoms with van der Waals surface area (Å²) in [5.41, 5.74) is 0.988. The molecule has 162 valence electrons. The van der Waals surface area contributed by atoms with Crippen molar-refractivity contribution in [2.24, 2.45) is 0 Å². The first-order chi connectivity index (χ1) is 14.9. The molecule has 5 nitrogen and oxygen atoms in total. The van der Waals surface area contributed by atoms with Crippen molar-refractivity contribution in [3.63, 3.8) is 0 Å². The van der Waals surface area contributed by atoms with Crippen LogP contribution in [-0.2, 0) is 21.2 Å². The van der Waals surface area contributed by atoms with Crippen LogP contribution in [0.2, 0.25) is 0 Å². The summed E-state index contributed by atoms with van der Waals surface area (Å²) in [6.45, 7) is 1.34. The predicted molar refractivity (Wildman–Crippen MR) is 120 cm³/mol. The molecule has 0 fully saturated rings. The molecule has 0 aliphatic carbocycles. The lowest BCUT2D eigenvalue weighted by Crippen LogP contribution is -2.44. The molecule has 3 aromatic carbocycles. The van der Waals surface area contributed by atoms with Crippen LogP contribution in [0.5, 0.6) is 0 Å². The highest BCUT2D eigenvalue weighted by Gasteiger charge is 2.29. The molecule has 0 aliphatic heterocycles. The number of benzene rings is 3. The summed E-state index contributed by atoms with van der Waals surface area (Å²) in [6, 6.07) is 22.9.